The summed E-state index contributed by atoms with van der Waals surface area (Å²) in [5.41, 5.74) is 0. The van der Waals surface area contributed by atoms with Crippen LogP contribution in [0.3, 0.4) is 0 Å². The van der Waals surface area contributed by atoms with Crippen LogP contribution in [0.1, 0.15) is 27.7 Å². The van der Waals surface area contributed by atoms with Crippen LogP contribution in [0.15, 0.2) is 60.7 Å². The first-order valence-electron chi connectivity index (χ1n) is 8.29. The molecule has 0 N–H and O–H groups in total. The van der Waals surface area contributed by atoms with Crippen LogP contribution in [0.25, 0.3) is 0 Å². The van der Waals surface area contributed by atoms with Crippen molar-refractivity contribution in [3.63, 3.8) is 0 Å². The Morgan fingerprint density at radius 3 is 1.55 bits per heavy atom. The third kappa shape index (κ3) is 4.08. The predicted octanol–water partition coefficient (Wildman–Crippen LogP) is 4.07. The van der Waals surface area contributed by atoms with Gasteiger partial charge in [-0.1, -0.05) is 88.4 Å². The van der Waals surface area contributed by atoms with Crippen molar-refractivity contribution in [1.82, 2.24) is 0 Å². The van der Waals surface area contributed by atoms with Crippen molar-refractivity contribution in [2.24, 2.45) is 11.8 Å². The largest absolute Gasteiger partial charge is 0.408 e. The van der Waals surface area contributed by atoms with E-state index in [1.807, 2.05) is 0 Å². The lowest BCUT2D eigenvalue weighted by Crippen LogP contribution is -2.61. The molecule has 0 heterocycles. The van der Waals surface area contributed by atoms with Crippen LogP contribution in [-0.4, -0.2) is 14.9 Å². The van der Waals surface area contributed by atoms with Gasteiger partial charge in [0.1, 0.15) is 0 Å². The molecule has 2 heteroatoms. The molecule has 0 amide bonds. The maximum absolute atomic E-state index is 6.71. The van der Waals surface area contributed by atoms with E-state index in [1.54, 1.807) is 0 Å². The van der Waals surface area contributed by atoms with Crippen LogP contribution in [-0.2, 0) is 4.43 Å². The molecule has 0 aliphatic rings. The molecule has 0 aromatic heterocycles. The summed E-state index contributed by atoms with van der Waals surface area (Å²) in [6.45, 7) is 9.87. The van der Waals surface area contributed by atoms with Crippen LogP contribution in [0.2, 0.25) is 6.04 Å². The van der Waals surface area contributed by atoms with Crippen molar-refractivity contribution < 1.29 is 4.43 Å². The van der Waals surface area contributed by atoms with Crippen LogP contribution in [0, 0.1) is 11.8 Å². The van der Waals surface area contributed by atoms with E-state index in [0.717, 1.165) is 12.7 Å². The second kappa shape index (κ2) is 7.75. The molecule has 0 radical (unpaired) electrons. The Labute approximate surface area is 136 Å². The Kier molecular flexibility index (Phi) is 5.98. The summed E-state index contributed by atoms with van der Waals surface area (Å²) in [6, 6.07) is 22.9. The van der Waals surface area contributed by atoms with E-state index in [2.05, 4.69) is 88.4 Å². The summed E-state index contributed by atoms with van der Waals surface area (Å²) in [7, 11) is -2.17. The highest BCUT2D eigenvalue weighted by atomic mass is 28.4. The average molecular weight is 313 g/mol. The van der Waals surface area contributed by atoms with Gasteiger partial charge in [0, 0.05) is 6.61 Å². The molecule has 0 unspecified atom stereocenters. The quantitative estimate of drug-likeness (QED) is 0.700. The molecule has 2 rings (SSSR count). The smallest absolute Gasteiger partial charge is 0.255 e. The SMILES string of the molecule is CC(C)CO[Si](CC(C)C)(c1ccccc1)c1ccccc1. The number of hydrogen-bond acceptors (Lipinski definition) is 1. The minimum atomic E-state index is -2.17. The van der Waals surface area contributed by atoms with E-state index in [4.69, 9.17) is 4.43 Å². The van der Waals surface area contributed by atoms with Gasteiger partial charge in [-0.15, -0.1) is 0 Å². The van der Waals surface area contributed by atoms with E-state index in [1.165, 1.54) is 10.4 Å². The maximum Gasteiger partial charge on any atom is 0.255 e. The summed E-state index contributed by atoms with van der Waals surface area (Å²) in [5, 5.41) is 2.77. The van der Waals surface area contributed by atoms with Crippen molar-refractivity contribution >= 4 is 18.7 Å². The third-order valence-corrected chi connectivity index (χ3v) is 8.42. The minimum absolute atomic E-state index is 0.548. The standard InChI is InChI=1S/C20H28OSi/c1-17(2)15-21-22(16-18(3)4,19-11-7-5-8-12-19)20-13-9-6-10-14-20/h5-14,17-18H,15-16H2,1-4H3. The first-order valence-corrected chi connectivity index (χ1v) is 10.4. The molecule has 0 saturated heterocycles. The van der Waals surface area contributed by atoms with Gasteiger partial charge >= 0.3 is 0 Å². The van der Waals surface area contributed by atoms with Gasteiger partial charge in [-0.3, -0.25) is 0 Å². The Morgan fingerprint density at radius 1 is 0.727 bits per heavy atom. The monoisotopic (exact) mass is 312 g/mol. The highest BCUT2D eigenvalue weighted by Crippen LogP contribution is 2.20. The zero-order valence-corrected chi connectivity index (χ0v) is 15.3. The van der Waals surface area contributed by atoms with Crippen molar-refractivity contribution in [1.29, 1.82) is 0 Å². The molecule has 0 bridgehead atoms. The molecule has 0 aliphatic heterocycles. The fraction of sp³-hybridized carbons (Fsp3) is 0.400. The average Bonchev–Trinajstić information content (AvgIpc) is 2.53. The molecule has 1 nitrogen and oxygen atoms in total. The molecule has 22 heavy (non-hydrogen) atoms. The van der Waals surface area contributed by atoms with E-state index in [0.29, 0.717) is 11.8 Å². The molecule has 0 atom stereocenters. The Balaban J connectivity index is 2.52. The molecule has 0 aliphatic carbocycles. The van der Waals surface area contributed by atoms with Gasteiger partial charge in [0.05, 0.1) is 0 Å². The van der Waals surface area contributed by atoms with Gasteiger partial charge in [0.15, 0.2) is 0 Å². The van der Waals surface area contributed by atoms with Crippen molar-refractivity contribution in [2.45, 2.75) is 33.7 Å². The Bertz CT molecular complexity index is 509. The van der Waals surface area contributed by atoms with Crippen LogP contribution < -0.4 is 10.4 Å². The number of benzene rings is 2. The second-order valence-electron chi connectivity index (χ2n) is 6.86. The zero-order valence-electron chi connectivity index (χ0n) is 14.3. The van der Waals surface area contributed by atoms with E-state index in [-0.39, 0.29) is 0 Å². The lowest BCUT2D eigenvalue weighted by molar-refractivity contribution is 0.265. The minimum Gasteiger partial charge on any atom is -0.408 e. The highest BCUT2D eigenvalue weighted by molar-refractivity contribution is 6.97. The van der Waals surface area contributed by atoms with Gasteiger partial charge in [0.25, 0.3) is 8.32 Å². The predicted molar refractivity (Wildman–Crippen MR) is 98.3 cm³/mol. The van der Waals surface area contributed by atoms with E-state index >= 15 is 0 Å². The second-order valence-corrected chi connectivity index (χ2v) is 10.4. The molecular formula is C20H28OSi. The first kappa shape index (κ1) is 17.0. The fourth-order valence-corrected chi connectivity index (χ4v) is 7.41. The highest BCUT2D eigenvalue weighted by Gasteiger charge is 2.40. The summed E-state index contributed by atoms with van der Waals surface area (Å²) < 4.78 is 6.71. The molecule has 2 aromatic rings. The van der Waals surface area contributed by atoms with E-state index in [9.17, 15) is 0 Å². The Hall–Kier alpha value is -1.38. The first-order chi connectivity index (χ1) is 10.5. The fourth-order valence-electron chi connectivity index (χ4n) is 2.93. The van der Waals surface area contributed by atoms with Crippen LogP contribution in [0.5, 0.6) is 0 Å². The molecular weight excluding hydrogens is 284 g/mol. The van der Waals surface area contributed by atoms with Gasteiger partial charge in [-0.2, -0.15) is 0 Å². The van der Waals surface area contributed by atoms with Gasteiger partial charge in [-0.05, 0) is 28.3 Å². The van der Waals surface area contributed by atoms with Crippen LogP contribution in [0.4, 0.5) is 0 Å². The number of hydrogen-bond donors (Lipinski definition) is 0. The summed E-state index contributed by atoms with van der Waals surface area (Å²) in [5.74, 6) is 1.16. The summed E-state index contributed by atoms with van der Waals surface area (Å²) in [4.78, 5) is 0. The lowest BCUT2D eigenvalue weighted by Gasteiger charge is -2.34. The van der Waals surface area contributed by atoms with Gasteiger partial charge in [0.2, 0.25) is 0 Å². The maximum atomic E-state index is 6.71. The summed E-state index contributed by atoms with van der Waals surface area (Å²) in [6.07, 6.45) is 0. The summed E-state index contributed by atoms with van der Waals surface area (Å²) >= 11 is 0. The molecule has 0 saturated carbocycles. The van der Waals surface area contributed by atoms with Crippen molar-refractivity contribution in [2.75, 3.05) is 6.61 Å². The molecule has 0 fully saturated rings. The topological polar surface area (TPSA) is 9.23 Å². The normalized spacial score (nSPS) is 12.1. The number of rotatable bonds is 7. The van der Waals surface area contributed by atoms with Crippen LogP contribution >= 0.6 is 0 Å². The van der Waals surface area contributed by atoms with Crippen molar-refractivity contribution in [3.05, 3.63) is 60.7 Å². The van der Waals surface area contributed by atoms with Gasteiger partial charge < -0.3 is 4.43 Å². The molecule has 118 valence electrons. The zero-order chi connectivity index (χ0) is 16.0. The lowest BCUT2D eigenvalue weighted by atomic mass is 10.2. The van der Waals surface area contributed by atoms with E-state index < -0.39 is 8.32 Å². The Morgan fingerprint density at radius 2 is 1.18 bits per heavy atom. The third-order valence-electron chi connectivity index (χ3n) is 3.84. The molecule has 2 aromatic carbocycles. The van der Waals surface area contributed by atoms with Crippen molar-refractivity contribution in [3.8, 4) is 0 Å². The molecule has 0 spiro atoms. The van der Waals surface area contributed by atoms with Gasteiger partial charge in [-0.25, -0.2) is 0 Å².